The van der Waals surface area contributed by atoms with Gasteiger partial charge in [-0.3, -0.25) is 9.10 Å². The van der Waals surface area contributed by atoms with E-state index in [0.717, 1.165) is 10.6 Å². The van der Waals surface area contributed by atoms with Gasteiger partial charge < -0.3 is 10.1 Å². The summed E-state index contributed by atoms with van der Waals surface area (Å²) in [6.45, 7) is -0.00654. The van der Waals surface area contributed by atoms with Crippen molar-refractivity contribution in [2.45, 2.75) is 12.6 Å². The van der Waals surface area contributed by atoms with E-state index in [9.17, 15) is 13.2 Å². The van der Waals surface area contributed by atoms with Crippen LogP contribution in [0.2, 0.25) is 15.1 Å². The van der Waals surface area contributed by atoms with Crippen LogP contribution in [0.15, 0.2) is 36.4 Å². The van der Waals surface area contributed by atoms with Gasteiger partial charge >= 0.3 is 0 Å². The summed E-state index contributed by atoms with van der Waals surface area (Å²) in [5.74, 6) is -0.198. The zero-order valence-corrected chi connectivity index (χ0v) is 17.2. The van der Waals surface area contributed by atoms with E-state index >= 15 is 0 Å². The largest absolute Gasteiger partial charge is 0.476 e. The van der Waals surface area contributed by atoms with Crippen LogP contribution in [0.25, 0.3) is 0 Å². The Kier molecular flexibility index (Phi) is 5.76. The van der Waals surface area contributed by atoms with Gasteiger partial charge in [0.15, 0.2) is 6.10 Å². The van der Waals surface area contributed by atoms with E-state index in [1.54, 1.807) is 24.3 Å². The van der Waals surface area contributed by atoms with Gasteiger partial charge in [-0.2, -0.15) is 0 Å². The number of carbonyl (C=O) groups is 1. The van der Waals surface area contributed by atoms with Gasteiger partial charge in [-0.05, 0) is 35.9 Å². The van der Waals surface area contributed by atoms with Gasteiger partial charge in [-0.15, -0.1) is 0 Å². The van der Waals surface area contributed by atoms with Gasteiger partial charge in [0.25, 0.3) is 5.91 Å². The molecule has 10 heteroatoms. The van der Waals surface area contributed by atoms with E-state index in [0.29, 0.717) is 26.3 Å². The van der Waals surface area contributed by atoms with Gasteiger partial charge in [0, 0.05) is 21.6 Å². The summed E-state index contributed by atoms with van der Waals surface area (Å²) in [5.41, 5.74) is 0.979. The molecule has 1 atom stereocenters. The number of ether oxygens (including phenoxy) is 1. The van der Waals surface area contributed by atoms with Crippen molar-refractivity contribution in [2.24, 2.45) is 0 Å². The number of hydrogen-bond acceptors (Lipinski definition) is 4. The lowest BCUT2D eigenvalue weighted by atomic mass is 10.2. The quantitative estimate of drug-likeness (QED) is 0.775. The summed E-state index contributed by atoms with van der Waals surface area (Å²) in [5, 5.41) is 3.98. The minimum atomic E-state index is -3.62. The standard InChI is InChI=1S/C17H15Cl3N2O4S/c1-27(24,25)22-9-16(26-15-5-4-12(19)7-14(15)22)17(23)21-8-10-2-3-11(18)6-13(10)20/h2-7,16H,8-9H2,1H3,(H,21,23)/t16-/m0/s1. The van der Waals surface area contributed by atoms with E-state index in [1.165, 1.54) is 12.1 Å². The molecule has 1 aliphatic rings. The maximum absolute atomic E-state index is 12.5. The van der Waals surface area contributed by atoms with Gasteiger partial charge in [0.05, 0.1) is 18.5 Å². The van der Waals surface area contributed by atoms with Crippen LogP contribution >= 0.6 is 34.8 Å². The van der Waals surface area contributed by atoms with Crippen molar-refractivity contribution in [3.63, 3.8) is 0 Å². The summed E-state index contributed by atoms with van der Waals surface area (Å²) in [6.07, 6.45) is 0.0466. The van der Waals surface area contributed by atoms with Crippen molar-refractivity contribution in [3.05, 3.63) is 57.0 Å². The molecule has 2 aromatic rings. The second kappa shape index (κ2) is 7.75. The molecule has 0 radical (unpaired) electrons. The van der Waals surface area contributed by atoms with Crippen LogP contribution in [0.3, 0.4) is 0 Å². The molecule has 1 amide bonds. The van der Waals surface area contributed by atoms with E-state index in [1.807, 2.05) is 0 Å². The molecule has 0 saturated heterocycles. The first-order chi connectivity index (χ1) is 12.6. The van der Waals surface area contributed by atoms with Crippen molar-refractivity contribution in [3.8, 4) is 5.75 Å². The van der Waals surface area contributed by atoms with E-state index in [4.69, 9.17) is 39.5 Å². The predicted molar refractivity (Wildman–Crippen MR) is 106 cm³/mol. The average molecular weight is 450 g/mol. The monoisotopic (exact) mass is 448 g/mol. The predicted octanol–water partition coefficient (Wildman–Crippen LogP) is 3.49. The molecule has 2 aromatic carbocycles. The Balaban J connectivity index is 1.78. The number of hydrogen-bond donors (Lipinski definition) is 1. The smallest absolute Gasteiger partial charge is 0.263 e. The summed E-state index contributed by atoms with van der Waals surface area (Å²) >= 11 is 17.9. The van der Waals surface area contributed by atoms with Gasteiger partial charge in [0.1, 0.15) is 5.75 Å². The van der Waals surface area contributed by atoms with Crippen LogP contribution in [0, 0.1) is 0 Å². The second-order valence-electron chi connectivity index (χ2n) is 5.97. The normalized spacial score (nSPS) is 16.4. The van der Waals surface area contributed by atoms with E-state index in [2.05, 4.69) is 5.32 Å². The molecule has 144 valence electrons. The number of halogens is 3. The number of sulfonamides is 1. The highest BCUT2D eigenvalue weighted by molar-refractivity contribution is 7.92. The lowest BCUT2D eigenvalue weighted by molar-refractivity contribution is -0.127. The number of nitrogens with zero attached hydrogens (tertiary/aromatic N) is 1. The molecule has 27 heavy (non-hydrogen) atoms. The number of anilines is 1. The fraction of sp³-hybridized carbons (Fsp3) is 0.235. The minimum Gasteiger partial charge on any atom is -0.476 e. The summed E-state index contributed by atoms with van der Waals surface area (Å²) in [4.78, 5) is 12.5. The molecule has 0 bridgehead atoms. The third-order valence-corrected chi connectivity index (χ3v) is 5.92. The first-order valence-electron chi connectivity index (χ1n) is 7.80. The molecule has 1 heterocycles. The zero-order valence-electron chi connectivity index (χ0n) is 14.1. The summed E-state index contributed by atoms with van der Waals surface area (Å²) < 4.78 is 31.1. The van der Waals surface area contributed by atoms with Crippen molar-refractivity contribution < 1.29 is 17.9 Å². The van der Waals surface area contributed by atoms with Crippen molar-refractivity contribution in [1.82, 2.24) is 5.32 Å². The minimum absolute atomic E-state index is 0.154. The number of nitrogens with one attached hydrogen (secondary N) is 1. The molecule has 0 aromatic heterocycles. The van der Waals surface area contributed by atoms with Crippen LogP contribution < -0.4 is 14.4 Å². The van der Waals surface area contributed by atoms with Crippen molar-refractivity contribution in [1.29, 1.82) is 0 Å². The molecule has 0 fully saturated rings. The lowest BCUT2D eigenvalue weighted by Gasteiger charge is -2.34. The Morgan fingerprint density at radius 3 is 2.52 bits per heavy atom. The highest BCUT2D eigenvalue weighted by atomic mass is 35.5. The third kappa shape index (κ3) is 4.60. The average Bonchev–Trinajstić information content (AvgIpc) is 2.59. The van der Waals surface area contributed by atoms with Crippen LogP contribution in [0.4, 0.5) is 5.69 Å². The maximum atomic E-state index is 12.5. The van der Waals surface area contributed by atoms with E-state index in [-0.39, 0.29) is 18.8 Å². The van der Waals surface area contributed by atoms with Gasteiger partial charge in [-0.25, -0.2) is 8.42 Å². The first-order valence-corrected chi connectivity index (χ1v) is 10.8. The van der Waals surface area contributed by atoms with Crippen LogP contribution in [0.1, 0.15) is 5.56 Å². The zero-order chi connectivity index (χ0) is 19.8. The third-order valence-electron chi connectivity index (χ3n) is 3.95. The Hall–Kier alpha value is -1.67. The van der Waals surface area contributed by atoms with Crippen LogP contribution in [-0.4, -0.2) is 33.2 Å². The second-order valence-corrected chi connectivity index (χ2v) is 9.15. The summed E-state index contributed by atoms with van der Waals surface area (Å²) in [6, 6.07) is 9.52. The molecule has 1 N–H and O–H groups in total. The molecule has 0 unspecified atom stereocenters. The lowest BCUT2D eigenvalue weighted by Crippen LogP contribution is -2.50. The van der Waals surface area contributed by atoms with Gasteiger partial charge in [-0.1, -0.05) is 40.9 Å². The van der Waals surface area contributed by atoms with Crippen molar-refractivity contribution in [2.75, 3.05) is 17.1 Å². The topological polar surface area (TPSA) is 75.7 Å². The number of rotatable bonds is 4. The fourth-order valence-electron chi connectivity index (χ4n) is 2.64. The molecule has 0 spiro atoms. The molecule has 0 aliphatic carbocycles. The molecule has 1 aliphatic heterocycles. The van der Waals surface area contributed by atoms with Crippen LogP contribution in [0.5, 0.6) is 5.75 Å². The maximum Gasteiger partial charge on any atom is 0.263 e. The Morgan fingerprint density at radius 1 is 1.19 bits per heavy atom. The number of fused-ring (bicyclic) bond motifs is 1. The Morgan fingerprint density at radius 2 is 1.85 bits per heavy atom. The number of benzene rings is 2. The SMILES string of the molecule is CS(=O)(=O)N1C[C@@H](C(=O)NCc2ccc(Cl)cc2Cl)Oc2ccc(Cl)cc21. The summed E-state index contributed by atoms with van der Waals surface area (Å²) in [7, 11) is -3.62. The van der Waals surface area contributed by atoms with Crippen LogP contribution in [-0.2, 0) is 21.4 Å². The number of carbonyl (C=O) groups excluding carboxylic acids is 1. The Labute approximate surface area is 172 Å². The Bertz CT molecular complexity index is 998. The highest BCUT2D eigenvalue weighted by Crippen LogP contribution is 2.37. The molecule has 3 rings (SSSR count). The molecule has 6 nitrogen and oxygen atoms in total. The highest BCUT2D eigenvalue weighted by Gasteiger charge is 2.35. The van der Waals surface area contributed by atoms with Gasteiger partial charge in [0.2, 0.25) is 10.0 Å². The van der Waals surface area contributed by atoms with E-state index < -0.39 is 22.0 Å². The fourth-order valence-corrected chi connectivity index (χ4v) is 4.18. The van der Waals surface area contributed by atoms with Crippen molar-refractivity contribution >= 4 is 56.4 Å². The molecule has 0 saturated carbocycles. The number of amides is 1. The molecular formula is C17H15Cl3N2O4S. The molecular weight excluding hydrogens is 435 g/mol. The first kappa shape index (κ1) is 20.1.